The lowest BCUT2D eigenvalue weighted by Gasteiger charge is -2.23. The van der Waals surface area contributed by atoms with Crippen LogP contribution in [0.25, 0.3) is 0 Å². The number of rotatable bonds is 6. The molecule has 0 saturated heterocycles. The van der Waals surface area contributed by atoms with Gasteiger partial charge in [0.1, 0.15) is 0 Å². The van der Waals surface area contributed by atoms with Gasteiger partial charge in [-0.2, -0.15) is 0 Å². The lowest BCUT2D eigenvalue weighted by Crippen LogP contribution is -2.36. The van der Waals surface area contributed by atoms with E-state index in [0.29, 0.717) is 0 Å². The number of quaternary nitrogens is 1. The second kappa shape index (κ2) is 5.66. The standard InChI is InChI=1S/C9H22NOP/c1-5-6-8-12(11)9-7-10(2,3)4/h5-9H2,1-4H3/q+1. The highest BCUT2D eigenvalue weighted by Crippen LogP contribution is 2.22. The van der Waals surface area contributed by atoms with Crippen LogP contribution in [0.15, 0.2) is 0 Å². The minimum absolute atomic E-state index is 0.888. The Morgan fingerprint density at radius 2 is 1.75 bits per heavy atom. The van der Waals surface area contributed by atoms with Crippen LogP contribution in [0.2, 0.25) is 0 Å². The summed E-state index contributed by atoms with van der Waals surface area (Å²) < 4.78 is 12.3. The normalized spacial score (nSPS) is 13.2. The predicted molar refractivity (Wildman–Crippen MR) is 55.1 cm³/mol. The van der Waals surface area contributed by atoms with Gasteiger partial charge in [0.2, 0.25) is 0 Å². The summed E-state index contributed by atoms with van der Waals surface area (Å²) in [6.07, 6.45) is 4.09. The Morgan fingerprint density at radius 1 is 1.17 bits per heavy atom. The van der Waals surface area contributed by atoms with Crippen molar-refractivity contribution >= 4 is 7.80 Å². The third kappa shape index (κ3) is 8.16. The van der Waals surface area contributed by atoms with E-state index in [1.165, 1.54) is 0 Å². The molecule has 2 nitrogen and oxygen atoms in total. The Hall–Kier alpha value is 0.0600. The van der Waals surface area contributed by atoms with Gasteiger partial charge in [0.25, 0.3) is 0 Å². The van der Waals surface area contributed by atoms with E-state index < -0.39 is 7.80 Å². The summed E-state index contributed by atoms with van der Waals surface area (Å²) in [5.74, 6) is 0. The van der Waals surface area contributed by atoms with E-state index in [1.807, 2.05) is 0 Å². The summed E-state index contributed by atoms with van der Waals surface area (Å²) in [6.45, 7) is 3.17. The third-order valence-corrected chi connectivity index (χ3v) is 3.30. The molecular weight excluding hydrogens is 169 g/mol. The van der Waals surface area contributed by atoms with E-state index in [4.69, 9.17) is 0 Å². The van der Waals surface area contributed by atoms with Crippen molar-refractivity contribution in [3.63, 3.8) is 0 Å². The summed E-state index contributed by atoms with van der Waals surface area (Å²) in [7, 11) is 5.51. The monoisotopic (exact) mass is 191 g/mol. The first-order valence-corrected chi connectivity index (χ1v) is 6.31. The largest absolute Gasteiger partial charge is 0.330 e. The van der Waals surface area contributed by atoms with Crippen LogP contribution in [0.5, 0.6) is 0 Å². The minimum Gasteiger partial charge on any atom is -0.330 e. The molecule has 0 aliphatic heterocycles. The van der Waals surface area contributed by atoms with Crippen molar-refractivity contribution in [2.75, 3.05) is 40.0 Å². The Balaban J connectivity index is 3.44. The Kier molecular flexibility index (Phi) is 5.69. The van der Waals surface area contributed by atoms with Crippen molar-refractivity contribution in [1.29, 1.82) is 0 Å². The van der Waals surface area contributed by atoms with Gasteiger partial charge in [0.05, 0.1) is 41.7 Å². The van der Waals surface area contributed by atoms with Gasteiger partial charge in [0, 0.05) is 6.16 Å². The Bertz CT molecular complexity index is 140. The van der Waals surface area contributed by atoms with Crippen LogP contribution in [-0.2, 0) is 4.57 Å². The van der Waals surface area contributed by atoms with Crippen molar-refractivity contribution in [3.8, 4) is 0 Å². The zero-order valence-electron chi connectivity index (χ0n) is 8.84. The minimum atomic E-state index is -0.916. The molecule has 0 aromatic heterocycles. The molecule has 1 radical (unpaired) electrons. The van der Waals surface area contributed by atoms with Gasteiger partial charge in [-0.05, 0) is 6.42 Å². The fourth-order valence-corrected chi connectivity index (χ4v) is 2.57. The molecule has 0 N–H and O–H groups in total. The highest BCUT2D eigenvalue weighted by atomic mass is 31.1. The van der Waals surface area contributed by atoms with Crippen LogP contribution in [-0.4, -0.2) is 44.5 Å². The molecule has 0 rings (SSSR count). The molecular formula is C9H22NOP+. The summed E-state index contributed by atoms with van der Waals surface area (Å²) in [5, 5.41) is 0. The zero-order chi connectivity index (χ0) is 9.61. The van der Waals surface area contributed by atoms with Gasteiger partial charge in [-0.25, -0.2) is 0 Å². The Labute approximate surface area is 77.3 Å². The molecule has 0 heterocycles. The van der Waals surface area contributed by atoms with Gasteiger partial charge in [0.15, 0.2) is 0 Å². The van der Waals surface area contributed by atoms with Crippen molar-refractivity contribution in [2.45, 2.75) is 19.8 Å². The summed E-state index contributed by atoms with van der Waals surface area (Å²) in [6, 6.07) is 0. The van der Waals surface area contributed by atoms with Crippen molar-refractivity contribution in [1.82, 2.24) is 0 Å². The fourth-order valence-electron chi connectivity index (χ4n) is 0.858. The molecule has 0 aromatic carbocycles. The zero-order valence-corrected chi connectivity index (χ0v) is 9.73. The van der Waals surface area contributed by atoms with Crippen LogP contribution in [0, 0.1) is 0 Å². The van der Waals surface area contributed by atoms with E-state index in [1.54, 1.807) is 0 Å². The summed E-state index contributed by atoms with van der Waals surface area (Å²) in [4.78, 5) is 0. The topological polar surface area (TPSA) is 17.1 Å². The average Bonchev–Trinajstić information content (AvgIpc) is 1.95. The van der Waals surface area contributed by atoms with Crippen LogP contribution < -0.4 is 0 Å². The quantitative estimate of drug-likeness (QED) is 0.465. The van der Waals surface area contributed by atoms with Gasteiger partial charge in [-0.15, -0.1) is 0 Å². The van der Waals surface area contributed by atoms with Crippen LogP contribution in [0.3, 0.4) is 0 Å². The van der Waals surface area contributed by atoms with Gasteiger partial charge in [-0.3, -0.25) is 4.57 Å². The second-order valence-electron chi connectivity index (χ2n) is 4.30. The van der Waals surface area contributed by atoms with E-state index in [2.05, 4.69) is 28.1 Å². The second-order valence-corrected chi connectivity index (χ2v) is 6.15. The molecule has 0 spiro atoms. The highest BCUT2D eigenvalue weighted by molar-refractivity contribution is 7.44. The molecule has 12 heavy (non-hydrogen) atoms. The molecule has 1 atom stereocenters. The van der Waals surface area contributed by atoms with E-state index in [0.717, 1.165) is 36.2 Å². The fraction of sp³-hybridized carbons (Fsp3) is 1.00. The Morgan fingerprint density at radius 3 is 2.17 bits per heavy atom. The summed E-state index contributed by atoms with van der Waals surface area (Å²) >= 11 is 0. The van der Waals surface area contributed by atoms with Gasteiger partial charge < -0.3 is 4.48 Å². The van der Waals surface area contributed by atoms with Gasteiger partial charge >= 0.3 is 0 Å². The molecule has 0 aliphatic carbocycles. The number of hydrogen-bond donors (Lipinski definition) is 0. The van der Waals surface area contributed by atoms with Crippen molar-refractivity contribution in [2.24, 2.45) is 0 Å². The first-order valence-electron chi connectivity index (χ1n) is 4.68. The maximum atomic E-state index is 11.4. The molecule has 0 aliphatic rings. The SMILES string of the molecule is CCCC[P](=O)CC[N+](C)(C)C. The van der Waals surface area contributed by atoms with Crippen LogP contribution in [0.1, 0.15) is 19.8 Å². The lowest BCUT2D eigenvalue weighted by molar-refractivity contribution is -0.867. The molecule has 0 fully saturated rings. The number of hydrogen-bond acceptors (Lipinski definition) is 1. The van der Waals surface area contributed by atoms with E-state index >= 15 is 0 Å². The molecule has 3 heteroatoms. The highest BCUT2D eigenvalue weighted by Gasteiger charge is 2.09. The third-order valence-electron chi connectivity index (χ3n) is 1.78. The molecule has 0 aromatic rings. The van der Waals surface area contributed by atoms with Crippen molar-refractivity contribution < 1.29 is 9.05 Å². The smallest absolute Gasteiger partial charge is 0.0881 e. The molecule has 73 valence electrons. The number of unbranched alkanes of at least 4 members (excludes halogenated alkanes) is 1. The molecule has 1 unspecified atom stereocenters. The molecule has 0 bridgehead atoms. The number of nitrogens with zero attached hydrogens (tertiary/aromatic N) is 1. The van der Waals surface area contributed by atoms with Crippen molar-refractivity contribution in [3.05, 3.63) is 0 Å². The maximum Gasteiger partial charge on any atom is 0.0881 e. The van der Waals surface area contributed by atoms with Crippen LogP contribution in [0.4, 0.5) is 0 Å². The van der Waals surface area contributed by atoms with E-state index in [9.17, 15) is 4.57 Å². The molecule has 0 saturated carbocycles. The van der Waals surface area contributed by atoms with Crippen LogP contribution >= 0.6 is 7.80 Å². The first kappa shape index (κ1) is 12.1. The average molecular weight is 191 g/mol. The maximum absolute atomic E-state index is 11.4. The lowest BCUT2D eigenvalue weighted by atomic mass is 10.4. The summed E-state index contributed by atoms with van der Waals surface area (Å²) in [5.41, 5.74) is 0. The van der Waals surface area contributed by atoms with Gasteiger partial charge in [-0.1, -0.05) is 13.3 Å². The van der Waals surface area contributed by atoms with E-state index in [-0.39, 0.29) is 0 Å². The predicted octanol–water partition coefficient (Wildman–Crippen LogP) is 2.32. The molecule has 0 amide bonds. The first-order chi connectivity index (χ1) is 5.45.